The van der Waals surface area contributed by atoms with Gasteiger partial charge in [-0.05, 0) is 18.6 Å². The smallest absolute Gasteiger partial charge is 0.274 e. The third kappa shape index (κ3) is 3.36. The van der Waals surface area contributed by atoms with Crippen LogP contribution in [0.3, 0.4) is 0 Å². The van der Waals surface area contributed by atoms with Crippen molar-refractivity contribution in [3.8, 4) is 0 Å². The summed E-state index contributed by atoms with van der Waals surface area (Å²) in [5.74, 6) is 0.0443. The molecule has 0 unspecified atom stereocenters. The first kappa shape index (κ1) is 15.9. The summed E-state index contributed by atoms with van der Waals surface area (Å²) >= 11 is 0. The van der Waals surface area contributed by atoms with Crippen LogP contribution >= 0.6 is 0 Å². The molecule has 0 spiro atoms. The number of benzene rings is 1. The molecule has 0 saturated carbocycles. The van der Waals surface area contributed by atoms with Gasteiger partial charge in [0.2, 0.25) is 0 Å². The molecule has 0 radical (unpaired) electrons. The lowest BCUT2D eigenvalue weighted by Crippen LogP contribution is -2.32. The fraction of sp³-hybridized carbons (Fsp3) is 0.235. The van der Waals surface area contributed by atoms with Crippen molar-refractivity contribution < 1.29 is 14.4 Å². The predicted molar refractivity (Wildman–Crippen MR) is 86.0 cm³/mol. The molecule has 0 aliphatic heterocycles. The van der Waals surface area contributed by atoms with Gasteiger partial charge in [-0.15, -0.1) is 0 Å². The minimum absolute atomic E-state index is 0.108. The van der Waals surface area contributed by atoms with Crippen LogP contribution in [0.5, 0.6) is 0 Å². The molecule has 7 nitrogen and oxygen atoms in total. The second-order valence-corrected chi connectivity index (χ2v) is 5.39. The topological polar surface area (TPSA) is 93.2 Å². The molecule has 24 heavy (non-hydrogen) atoms. The zero-order valence-corrected chi connectivity index (χ0v) is 13.2. The molecule has 0 aliphatic carbocycles. The van der Waals surface area contributed by atoms with E-state index in [0.29, 0.717) is 17.9 Å². The summed E-state index contributed by atoms with van der Waals surface area (Å²) in [6.45, 7) is 1.84. The van der Waals surface area contributed by atoms with Gasteiger partial charge in [0.05, 0.1) is 24.8 Å². The Bertz CT molecular complexity index is 797. The van der Waals surface area contributed by atoms with Crippen molar-refractivity contribution in [2.75, 3.05) is 0 Å². The molecule has 0 bridgehead atoms. The summed E-state index contributed by atoms with van der Waals surface area (Å²) in [5, 5.41) is 20.3. The van der Waals surface area contributed by atoms with E-state index in [1.807, 2.05) is 42.6 Å². The minimum Gasteiger partial charge on any atom is -0.391 e. The highest BCUT2D eigenvalue weighted by Crippen LogP contribution is 2.18. The first-order chi connectivity index (χ1) is 11.7. The van der Waals surface area contributed by atoms with Gasteiger partial charge in [0, 0.05) is 12.4 Å². The van der Waals surface area contributed by atoms with Crippen LogP contribution in [0.15, 0.2) is 53.3 Å². The van der Waals surface area contributed by atoms with Gasteiger partial charge >= 0.3 is 0 Å². The van der Waals surface area contributed by atoms with E-state index in [0.717, 1.165) is 5.56 Å². The molecule has 124 valence electrons. The molecule has 1 amide bonds. The monoisotopic (exact) mass is 326 g/mol. The molecule has 0 aliphatic rings. The lowest BCUT2D eigenvalue weighted by molar-refractivity contribution is 0.0920. The van der Waals surface area contributed by atoms with Crippen LogP contribution in [0, 0.1) is 6.92 Å². The normalized spacial score (nSPS) is 12.1. The Morgan fingerprint density at radius 1 is 1.33 bits per heavy atom. The number of amides is 1. The maximum Gasteiger partial charge on any atom is 0.274 e. The first-order valence-corrected chi connectivity index (χ1v) is 7.58. The van der Waals surface area contributed by atoms with E-state index in [1.54, 1.807) is 17.8 Å². The summed E-state index contributed by atoms with van der Waals surface area (Å²) in [6, 6.07) is 11.2. The number of nitrogens with one attached hydrogen (secondary N) is 1. The van der Waals surface area contributed by atoms with Crippen LogP contribution < -0.4 is 5.32 Å². The van der Waals surface area contributed by atoms with E-state index < -0.39 is 5.91 Å². The fourth-order valence-electron chi connectivity index (χ4n) is 2.50. The van der Waals surface area contributed by atoms with E-state index in [4.69, 9.17) is 4.52 Å². The Kier molecular flexibility index (Phi) is 4.72. The quantitative estimate of drug-likeness (QED) is 0.721. The number of carbonyl (C=O) groups excluding carboxylic acids is 1. The number of aliphatic hydroxyl groups is 1. The standard InChI is InChI=1S/C17H18N4O3/c1-12-14(11-22)16(20-24-12)17(23)19-15(10-21-9-5-8-18-21)13-6-3-2-4-7-13/h2-9,15,22H,10-11H2,1H3,(H,19,23)/t15-/m1/s1. The van der Waals surface area contributed by atoms with Gasteiger partial charge in [-0.3, -0.25) is 9.48 Å². The molecule has 0 saturated heterocycles. The van der Waals surface area contributed by atoms with Crippen molar-refractivity contribution in [3.05, 3.63) is 71.4 Å². The first-order valence-electron chi connectivity index (χ1n) is 7.58. The molecule has 3 aromatic rings. The summed E-state index contributed by atoms with van der Waals surface area (Å²) in [5.41, 5.74) is 1.46. The molecule has 0 fully saturated rings. The second-order valence-electron chi connectivity index (χ2n) is 5.39. The predicted octanol–water partition coefficient (Wildman–Crippen LogP) is 1.84. The largest absolute Gasteiger partial charge is 0.391 e. The third-order valence-corrected chi connectivity index (χ3v) is 3.79. The van der Waals surface area contributed by atoms with Gasteiger partial charge in [0.25, 0.3) is 5.91 Å². The Hall–Kier alpha value is -2.93. The molecule has 2 N–H and O–H groups in total. The van der Waals surface area contributed by atoms with Crippen molar-refractivity contribution in [1.82, 2.24) is 20.3 Å². The van der Waals surface area contributed by atoms with Crippen molar-refractivity contribution in [2.24, 2.45) is 0 Å². The Balaban J connectivity index is 1.84. The van der Waals surface area contributed by atoms with Crippen molar-refractivity contribution in [3.63, 3.8) is 0 Å². The molecule has 2 aromatic heterocycles. The number of hydrogen-bond donors (Lipinski definition) is 2. The van der Waals surface area contributed by atoms with E-state index >= 15 is 0 Å². The second kappa shape index (κ2) is 7.10. The highest BCUT2D eigenvalue weighted by atomic mass is 16.5. The highest BCUT2D eigenvalue weighted by Gasteiger charge is 2.23. The van der Waals surface area contributed by atoms with E-state index in [2.05, 4.69) is 15.6 Å². The molecule has 3 rings (SSSR count). The van der Waals surface area contributed by atoms with Gasteiger partial charge in [-0.2, -0.15) is 5.10 Å². The van der Waals surface area contributed by atoms with Crippen LogP contribution in [-0.2, 0) is 13.2 Å². The lowest BCUT2D eigenvalue weighted by atomic mass is 10.1. The number of carbonyl (C=O) groups is 1. The van der Waals surface area contributed by atoms with Gasteiger partial charge in [-0.25, -0.2) is 0 Å². The summed E-state index contributed by atoms with van der Waals surface area (Å²) in [6.07, 6.45) is 3.52. The van der Waals surface area contributed by atoms with Gasteiger partial charge in [-0.1, -0.05) is 35.5 Å². The third-order valence-electron chi connectivity index (χ3n) is 3.79. The molecular weight excluding hydrogens is 308 g/mol. The SMILES string of the molecule is Cc1onc(C(=O)N[C@H](Cn2cccn2)c2ccccc2)c1CO. The molecule has 2 heterocycles. The van der Waals surface area contributed by atoms with E-state index in [1.165, 1.54) is 0 Å². The number of aryl methyl sites for hydroxylation is 1. The molecule has 7 heteroatoms. The van der Waals surface area contributed by atoms with Gasteiger partial charge < -0.3 is 14.9 Å². The fourth-order valence-corrected chi connectivity index (χ4v) is 2.50. The number of aliphatic hydroxyl groups excluding tert-OH is 1. The minimum atomic E-state index is -0.392. The number of rotatable bonds is 6. The summed E-state index contributed by atoms with van der Waals surface area (Å²) in [7, 11) is 0. The van der Waals surface area contributed by atoms with Crippen LogP contribution in [0.1, 0.15) is 33.4 Å². The maximum atomic E-state index is 12.6. The Morgan fingerprint density at radius 3 is 2.79 bits per heavy atom. The van der Waals surface area contributed by atoms with Crippen molar-refractivity contribution in [2.45, 2.75) is 26.1 Å². The maximum absolute atomic E-state index is 12.6. The number of hydrogen-bond acceptors (Lipinski definition) is 5. The Morgan fingerprint density at radius 2 is 2.12 bits per heavy atom. The molecule has 1 aromatic carbocycles. The number of nitrogens with zero attached hydrogens (tertiary/aromatic N) is 3. The van der Waals surface area contributed by atoms with Crippen LogP contribution in [0.2, 0.25) is 0 Å². The van der Waals surface area contributed by atoms with Crippen molar-refractivity contribution >= 4 is 5.91 Å². The van der Waals surface area contributed by atoms with Gasteiger partial charge in [0.1, 0.15) is 5.76 Å². The summed E-state index contributed by atoms with van der Waals surface area (Å²) in [4.78, 5) is 12.6. The number of aromatic nitrogens is 3. The highest BCUT2D eigenvalue weighted by molar-refractivity contribution is 5.94. The average Bonchev–Trinajstić information content (AvgIpc) is 3.24. The zero-order chi connectivity index (χ0) is 16.9. The Labute approximate surface area is 138 Å². The average molecular weight is 326 g/mol. The van der Waals surface area contributed by atoms with Crippen LogP contribution in [0.25, 0.3) is 0 Å². The van der Waals surface area contributed by atoms with Gasteiger partial charge in [0.15, 0.2) is 5.69 Å². The lowest BCUT2D eigenvalue weighted by Gasteiger charge is -2.19. The van der Waals surface area contributed by atoms with E-state index in [-0.39, 0.29) is 18.3 Å². The van der Waals surface area contributed by atoms with E-state index in [9.17, 15) is 9.90 Å². The van der Waals surface area contributed by atoms with Crippen LogP contribution in [-0.4, -0.2) is 26.0 Å². The zero-order valence-electron chi connectivity index (χ0n) is 13.2. The molecular formula is C17H18N4O3. The van der Waals surface area contributed by atoms with Crippen LogP contribution in [0.4, 0.5) is 0 Å². The summed E-state index contributed by atoms with van der Waals surface area (Å²) < 4.78 is 6.76. The molecule has 1 atom stereocenters. The van der Waals surface area contributed by atoms with Crippen molar-refractivity contribution in [1.29, 1.82) is 0 Å².